The first-order chi connectivity index (χ1) is 20.6. The average Bonchev–Trinajstić information content (AvgIpc) is 2.96. The molecule has 2 aliphatic rings. The molecule has 0 saturated carbocycles. The molecule has 0 bridgehead atoms. The number of likely N-dealkylation sites (tertiary alicyclic amines) is 1. The third-order valence-corrected chi connectivity index (χ3v) is 7.54. The van der Waals surface area contributed by atoms with Gasteiger partial charge >= 0.3 is 11.9 Å². The third kappa shape index (κ3) is 7.81. The van der Waals surface area contributed by atoms with E-state index < -0.39 is 35.0 Å². The van der Waals surface area contributed by atoms with Crippen LogP contribution in [0.5, 0.6) is 0 Å². The van der Waals surface area contributed by atoms with Crippen LogP contribution in [0.15, 0.2) is 108 Å². The number of carbonyl (C=O) groups is 2. The summed E-state index contributed by atoms with van der Waals surface area (Å²) in [7, 11) is 0. The first-order valence-electron chi connectivity index (χ1n) is 14.1. The molecule has 3 aromatic carbocycles. The Bertz CT molecular complexity index is 1550. The summed E-state index contributed by atoms with van der Waals surface area (Å²) in [5.74, 6) is -2.37. The van der Waals surface area contributed by atoms with Crippen molar-refractivity contribution in [2.24, 2.45) is 5.73 Å². The van der Waals surface area contributed by atoms with Gasteiger partial charge in [-0.15, -0.1) is 34.0 Å². The van der Waals surface area contributed by atoms with Gasteiger partial charge in [0.1, 0.15) is 11.9 Å². The summed E-state index contributed by atoms with van der Waals surface area (Å²) in [6.07, 6.45) is -0.855. The number of carbonyl (C=O) groups excluding carboxylic acids is 2. The number of halogens is 2. The van der Waals surface area contributed by atoms with Crippen LogP contribution in [0.1, 0.15) is 49.4 Å². The number of esters is 2. The van der Waals surface area contributed by atoms with E-state index in [1.54, 1.807) is 26.8 Å². The lowest BCUT2D eigenvalue weighted by molar-refractivity contribution is -0.384. The SMILES string of the molecule is Br.Br.CC1=C(C(=O)OC(C)C)C(c2cccc([N+](=O)[O-])c2)C(C(=O)OC2CN(C(c3ccccc3)c3ccccc3)C2)=C(N)N1. The highest BCUT2D eigenvalue weighted by molar-refractivity contribution is 8.93. The van der Waals surface area contributed by atoms with Crippen LogP contribution in [0.4, 0.5) is 5.69 Å². The predicted octanol–water partition coefficient (Wildman–Crippen LogP) is 5.85. The van der Waals surface area contributed by atoms with E-state index in [4.69, 9.17) is 15.2 Å². The van der Waals surface area contributed by atoms with Crippen LogP contribution in [0.3, 0.4) is 0 Å². The van der Waals surface area contributed by atoms with Gasteiger partial charge in [0.05, 0.1) is 34.1 Å². The van der Waals surface area contributed by atoms with Gasteiger partial charge in [-0.25, -0.2) is 9.59 Å². The van der Waals surface area contributed by atoms with Crippen LogP contribution in [0, 0.1) is 10.1 Å². The second kappa shape index (κ2) is 15.3. The smallest absolute Gasteiger partial charge is 0.339 e. The average molecular weight is 744 g/mol. The van der Waals surface area contributed by atoms with Crippen LogP contribution in [-0.4, -0.2) is 47.1 Å². The molecule has 238 valence electrons. The van der Waals surface area contributed by atoms with Gasteiger partial charge in [-0.05, 0) is 37.5 Å². The molecule has 1 saturated heterocycles. The standard InChI is InChI=1S/C33H34N4O6.2BrH/c1-20(2)42-32(38)27-21(3)35-31(34)29(28(27)24-15-10-16-25(17-24)37(40)41)33(39)43-26-18-36(19-26)30(22-11-6-4-7-12-22)23-13-8-5-9-14-23;;/h4-17,20,26,28,30,35H,18-19,34H2,1-3H3;2*1H. The number of nitro benzene ring substituents is 1. The molecule has 0 aliphatic carbocycles. The second-order valence-corrected chi connectivity index (χ2v) is 10.9. The normalized spacial score (nSPS) is 16.7. The molecule has 0 amide bonds. The predicted molar refractivity (Wildman–Crippen MR) is 181 cm³/mol. The minimum atomic E-state index is -1.03. The van der Waals surface area contributed by atoms with Crippen molar-refractivity contribution >= 4 is 51.6 Å². The zero-order chi connectivity index (χ0) is 30.7. The zero-order valence-corrected chi connectivity index (χ0v) is 28.5. The van der Waals surface area contributed by atoms with Gasteiger partial charge in [-0.1, -0.05) is 72.8 Å². The Morgan fingerprint density at radius 2 is 1.49 bits per heavy atom. The van der Waals surface area contributed by atoms with E-state index in [9.17, 15) is 19.7 Å². The molecule has 0 aromatic heterocycles. The molecule has 10 nitrogen and oxygen atoms in total. The lowest BCUT2D eigenvalue weighted by Crippen LogP contribution is -2.54. The van der Waals surface area contributed by atoms with Crippen LogP contribution >= 0.6 is 34.0 Å². The van der Waals surface area contributed by atoms with Crippen molar-refractivity contribution in [2.45, 2.75) is 44.9 Å². The molecular weight excluding hydrogens is 708 g/mol. The molecule has 1 atom stereocenters. The zero-order valence-electron chi connectivity index (χ0n) is 25.0. The van der Waals surface area contributed by atoms with Crippen LogP contribution in [-0.2, 0) is 19.1 Å². The Hall–Kier alpha value is -4.00. The van der Waals surface area contributed by atoms with Gasteiger partial charge in [0.15, 0.2) is 0 Å². The van der Waals surface area contributed by atoms with Crippen molar-refractivity contribution < 1.29 is 24.0 Å². The quantitative estimate of drug-likeness (QED) is 0.157. The lowest BCUT2D eigenvalue weighted by Gasteiger charge is -2.44. The van der Waals surface area contributed by atoms with Gasteiger partial charge in [-0.2, -0.15) is 0 Å². The van der Waals surface area contributed by atoms with Crippen molar-refractivity contribution in [3.63, 3.8) is 0 Å². The fraction of sp³-hybridized carbons (Fsp3) is 0.273. The lowest BCUT2D eigenvalue weighted by atomic mass is 9.81. The largest absolute Gasteiger partial charge is 0.460 e. The van der Waals surface area contributed by atoms with Gasteiger partial charge in [0.2, 0.25) is 0 Å². The highest BCUT2D eigenvalue weighted by Crippen LogP contribution is 2.40. The molecule has 45 heavy (non-hydrogen) atoms. The highest BCUT2D eigenvalue weighted by Gasteiger charge is 2.42. The maximum atomic E-state index is 13.8. The minimum absolute atomic E-state index is 0. The minimum Gasteiger partial charge on any atom is -0.460 e. The van der Waals surface area contributed by atoms with Gasteiger partial charge in [-0.3, -0.25) is 15.0 Å². The summed E-state index contributed by atoms with van der Waals surface area (Å²) in [5, 5.41) is 14.5. The molecule has 0 spiro atoms. The number of allylic oxidation sites excluding steroid dienone is 1. The topological polar surface area (TPSA) is 137 Å². The summed E-state index contributed by atoms with van der Waals surface area (Å²) in [5.41, 5.74) is 9.31. The van der Waals surface area contributed by atoms with Crippen LogP contribution in [0.2, 0.25) is 0 Å². The number of nitrogens with one attached hydrogen (secondary N) is 1. The number of non-ortho nitro benzene ring substituents is 1. The number of dihydropyridines is 1. The summed E-state index contributed by atoms with van der Waals surface area (Å²) >= 11 is 0. The molecule has 0 radical (unpaired) electrons. The van der Waals surface area contributed by atoms with Gasteiger partial charge in [0, 0.05) is 30.9 Å². The number of ether oxygens (including phenoxy) is 2. The Balaban J connectivity index is 0.00000276. The van der Waals surface area contributed by atoms with Crippen LogP contribution in [0.25, 0.3) is 0 Å². The molecule has 1 unspecified atom stereocenters. The molecule has 1 fully saturated rings. The fourth-order valence-electron chi connectivity index (χ4n) is 5.64. The number of benzene rings is 3. The number of nitro groups is 1. The van der Waals surface area contributed by atoms with E-state index in [1.807, 2.05) is 36.4 Å². The highest BCUT2D eigenvalue weighted by atomic mass is 79.9. The maximum Gasteiger partial charge on any atom is 0.339 e. The van der Waals surface area contributed by atoms with Crippen molar-refractivity contribution in [3.8, 4) is 0 Å². The van der Waals surface area contributed by atoms with Crippen molar-refractivity contribution in [1.29, 1.82) is 0 Å². The molecule has 3 N–H and O–H groups in total. The van der Waals surface area contributed by atoms with Gasteiger partial charge < -0.3 is 20.5 Å². The van der Waals surface area contributed by atoms with Gasteiger partial charge in [0.25, 0.3) is 5.69 Å². The first-order valence-corrected chi connectivity index (χ1v) is 14.1. The summed E-state index contributed by atoms with van der Waals surface area (Å²) < 4.78 is 11.5. The number of nitrogens with two attached hydrogens (primary N) is 1. The van der Waals surface area contributed by atoms with E-state index in [0.717, 1.165) is 11.1 Å². The molecule has 5 rings (SSSR count). The van der Waals surface area contributed by atoms with Crippen molar-refractivity contribution in [3.05, 3.63) is 134 Å². The Morgan fingerprint density at radius 1 is 0.911 bits per heavy atom. The Kier molecular flexibility index (Phi) is 12.1. The van der Waals surface area contributed by atoms with Crippen molar-refractivity contribution in [1.82, 2.24) is 10.2 Å². The summed E-state index contributed by atoms with van der Waals surface area (Å²) in [6.45, 7) is 6.05. The molecule has 3 aromatic rings. The molecule has 2 aliphatic heterocycles. The summed E-state index contributed by atoms with van der Waals surface area (Å²) in [4.78, 5) is 40.4. The third-order valence-electron chi connectivity index (χ3n) is 7.54. The number of nitrogens with zero attached hydrogens (tertiary/aromatic N) is 2. The van der Waals surface area contributed by atoms with E-state index in [0.29, 0.717) is 24.4 Å². The Morgan fingerprint density at radius 3 is 2.02 bits per heavy atom. The van der Waals surface area contributed by atoms with E-state index >= 15 is 0 Å². The van der Waals surface area contributed by atoms with E-state index in [1.165, 1.54) is 18.2 Å². The maximum absolute atomic E-state index is 13.8. The Labute approximate surface area is 283 Å². The van der Waals surface area contributed by atoms with Crippen LogP contribution < -0.4 is 11.1 Å². The molecular formula is C33H36Br2N4O6. The summed E-state index contributed by atoms with van der Waals surface area (Å²) in [6, 6.07) is 26.0. The number of hydrogen-bond acceptors (Lipinski definition) is 9. The fourth-order valence-corrected chi connectivity index (χ4v) is 5.64. The first kappa shape index (κ1) is 35.5. The second-order valence-electron chi connectivity index (χ2n) is 10.9. The molecule has 12 heteroatoms. The molecule has 2 heterocycles. The van der Waals surface area contributed by atoms with E-state index in [2.05, 4.69) is 34.5 Å². The monoisotopic (exact) mass is 742 g/mol. The van der Waals surface area contributed by atoms with Crippen molar-refractivity contribution in [2.75, 3.05) is 13.1 Å². The number of hydrogen-bond donors (Lipinski definition) is 2. The number of rotatable bonds is 9. The van der Waals surface area contributed by atoms with E-state index in [-0.39, 0.29) is 62.7 Å².